The average molecular weight is 531 g/mol. The zero-order chi connectivity index (χ0) is 28.3. The number of halogens is 1. The first-order valence-electron chi connectivity index (χ1n) is 12.4. The van der Waals surface area contributed by atoms with Crippen LogP contribution >= 0.6 is 11.6 Å². The third-order valence-electron chi connectivity index (χ3n) is 5.43. The molecule has 0 bridgehead atoms. The summed E-state index contributed by atoms with van der Waals surface area (Å²) in [6.45, 7) is 9.34. The number of aryl methyl sites for hydroxylation is 1. The molecule has 0 amide bonds. The van der Waals surface area contributed by atoms with Crippen LogP contribution < -0.4 is 0 Å². The topological polar surface area (TPSA) is 77.8 Å². The minimum atomic E-state index is -0.804. The van der Waals surface area contributed by atoms with Crippen LogP contribution in [-0.2, 0) is 11.2 Å². The highest BCUT2D eigenvalue weighted by Gasteiger charge is 2.13. The van der Waals surface area contributed by atoms with Crippen LogP contribution in [0.1, 0.15) is 56.1 Å². The van der Waals surface area contributed by atoms with Gasteiger partial charge < -0.3 is 15.3 Å². The van der Waals surface area contributed by atoms with Gasteiger partial charge in [0, 0.05) is 10.6 Å². The maximum atomic E-state index is 10.4. The summed E-state index contributed by atoms with van der Waals surface area (Å²) in [4.78, 5) is 8.36. The second kappa shape index (κ2) is 14.4. The van der Waals surface area contributed by atoms with Gasteiger partial charge in [0.15, 0.2) is 0 Å². The van der Waals surface area contributed by atoms with Gasteiger partial charge in [-0.05, 0) is 97.0 Å². The SMILES string of the molecule is CC(C)(C)O.CCc1c(C)cc2ccc(C#CC(O)c3ccccc3)cc2c1-c1ccc(Cl)cc1.O=CO. The predicted molar refractivity (Wildman–Crippen MR) is 157 cm³/mol. The Kier molecular flexibility index (Phi) is 11.6. The maximum Gasteiger partial charge on any atom is 0.290 e. The second-order valence-corrected chi connectivity index (χ2v) is 10.1. The normalized spacial score (nSPS) is 11.2. The second-order valence-electron chi connectivity index (χ2n) is 9.70. The number of benzene rings is 4. The van der Waals surface area contributed by atoms with Crippen molar-refractivity contribution in [3.63, 3.8) is 0 Å². The third kappa shape index (κ3) is 9.36. The third-order valence-corrected chi connectivity index (χ3v) is 5.68. The molecule has 0 aliphatic heterocycles. The molecular formula is C33H35ClO4. The molecule has 0 radical (unpaired) electrons. The van der Waals surface area contributed by atoms with E-state index < -0.39 is 11.7 Å². The zero-order valence-electron chi connectivity index (χ0n) is 22.5. The van der Waals surface area contributed by atoms with Crippen LogP contribution in [0.25, 0.3) is 21.9 Å². The Balaban J connectivity index is 0.000000559. The van der Waals surface area contributed by atoms with Gasteiger partial charge in [0.2, 0.25) is 0 Å². The summed E-state index contributed by atoms with van der Waals surface area (Å²) in [6.07, 6.45) is 0.143. The van der Waals surface area contributed by atoms with Crippen LogP contribution in [0.2, 0.25) is 5.02 Å². The van der Waals surface area contributed by atoms with Gasteiger partial charge >= 0.3 is 0 Å². The largest absolute Gasteiger partial charge is 0.483 e. The highest BCUT2D eigenvalue weighted by Crippen LogP contribution is 2.36. The van der Waals surface area contributed by atoms with Crippen molar-refractivity contribution in [2.24, 2.45) is 0 Å². The van der Waals surface area contributed by atoms with Gasteiger partial charge in [-0.2, -0.15) is 0 Å². The number of rotatable bonds is 3. The molecule has 1 atom stereocenters. The first kappa shape index (κ1) is 30.6. The molecular weight excluding hydrogens is 496 g/mol. The molecule has 0 spiro atoms. The van der Waals surface area contributed by atoms with Gasteiger partial charge in [-0.3, -0.25) is 4.79 Å². The first-order valence-corrected chi connectivity index (χ1v) is 12.7. The molecule has 0 fully saturated rings. The lowest BCUT2D eigenvalue weighted by molar-refractivity contribution is -0.122. The Labute approximate surface area is 230 Å². The number of fused-ring (bicyclic) bond motifs is 1. The maximum absolute atomic E-state index is 10.4. The Bertz CT molecular complexity index is 1390. The fourth-order valence-electron chi connectivity index (χ4n) is 3.93. The van der Waals surface area contributed by atoms with Gasteiger partial charge in [0.05, 0.1) is 5.60 Å². The molecule has 0 saturated heterocycles. The molecule has 4 rings (SSSR count). The van der Waals surface area contributed by atoms with E-state index in [2.05, 4.69) is 56.0 Å². The number of hydrogen-bond acceptors (Lipinski definition) is 3. The van der Waals surface area contributed by atoms with Crippen molar-refractivity contribution in [2.45, 2.75) is 52.7 Å². The van der Waals surface area contributed by atoms with Crippen molar-refractivity contribution >= 4 is 28.8 Å². The Morgan fingerprint density at radius 1 is 0.974 bits per heavy atom. The summed E-state index contributed by atoms with van der Waals surface area (Å²) in [6, 6.07) is 26.0. The van der Waals surface area contributed by atoms with E-state index in [0.717, 1.165) is 28.1 Å². The number of aliphatic hydroxyl groups is 2. The number of carboxylic acid groups (broad SMARTS) is 1. The van der Waals surface area contributed by atoms with Crippen LogP contribution in [0.3, 0.4) is 0 Å². The van der Waals surface area contributed by atoms with Gasteiger partial charge in [-0.25, -0.2) is 0 Å². The summed E-state index contributed by atoms with van der Waals surface area (Å²) in [5.74, 6) is 6.13. The fourth-order valence-corrected chi connectivity index (χ4v) is 4.05. The Morgan fingerprint density at radius 2 is 1.55 bits per heavy atom. The van der Waals surface area contributed by atoms with Crippen molar-refractivity contribution in [1.29, 1.82) is 0 Å². The molecule has 4 aromatic carbocycles. The van der Waals surface area contributed by atoms with E-state index in [-0.39, 0.29) is 6.47 Å². The summed E-state index contributed by atoms with van der Waals surface area (Å²) >= 11 is 6.13. The summed E-state index contributed by atoms with van der Waals surface area (Å²) in [5.41, 5.74) is 6.19. The Morgan fingerprint density at radius 3 is 2.11 bits per heavy atom. The van der Waals surface area contributed by atoms with Crippen LogP contribution in [0.4, 0.5) is 0 Å². The van der Waals surface area contributed by atoms with E-state index in [9.17, 15) is 5.11 Å². The minimum absolute atomic E-state index is 0.250. The van der Waals surface area contributed by atoms with E-state index >= 15 is 0 Å². The monoisotopic (exact) mass is 530 g/mol. The smallest absolute Gasteiger partial charge is 0.290 e. The molecule has 38 heavy (non-hydrogen) atoms. The lowest BCUT2D eigenvalue weighted by Gasteiger charge is -2.16. The highest BCUT2D eigenvalue weighted by atomic mass is 35.5. The van der Waals surface area contributed by atoms with Crippen LogP contribution in [-0.4, -0.2) is 27.4 Å². The lowest BCUT2D eigenvalue weighted by atomic mass is 9.88. The van der Waals surface area contributed by atoms with E-state index in [0.29, 0.717) is 0 Å². The van der Waals surface area contributed by atoms with Crippen molar-refractivity contribution in [1.82, 2.24) is 0 Å². The van der Waals surface area contributed by atoms with Crippen LogP contribution in [0.5, 0.6) is 0 Å². The number of hydrogen-bond donors (Lipinski definition) is 3. The fraction of sp³-hybridized carbons (Fsp3) is 0.242. The lowest BCUT2D eigenvalue weighted by Crippen LogP contribution is -2.10. The summed E-state index contributed by atoms with van der Waals surface area (Å²) in [7, 11) is 0. The number of aliphatic hydroxyl groups excluding tert-OH is 1. The summed E-state index contributed by atoms with van der Waals surface area (Å²) in [5, 5.41) is 28.9. The number of carbonyl (C=O) groups is 1. The van der Waals surface area contributed by atoms with Crippen molar-refractivity contribution < 1.29 is 20.1 Å². The van der Waals surface area contributed by atoms with Crippen molar-refractivity contribution in [2.75, 3.05) is 0 Å². The minimum Gasteiger partial charge on any atom is -0.483 e. The predicted octanol–water partition coefficient (Wildman–Crippen LogP) is 7.59. The first-order chi connectivity index (χ1) is 18.0. The van der Waals surface area contributed by atoms with Gasteiger partial charge in [0.1, 0.15) is 6.10 Å². The van der Waals surface area contributed by atoms with Crippen molar-refractivity contribution in [3.05, 3.63) is 106 Å². The standard InChI is InChI=1S/C28H23ClO.C4H10O.CH2O2/c1-3-25-19(2)17-23-11-9-20(10-16-27(30)21-7-5-4-6-8-21)18-26(23)28(25)22-12-14-24(29)15-13-22;1-4(2,3)5;2-1-3/h4-9,11-15,17-18,27,30H,3H2,1-2H3;5H,1-3H3;1H,(H,2,3). The zero-order valence-corrected chi connectivity index (χ0v) is 23.3. The molecule has 4 aromatic rings. The quantitative estimate of drug-likeness (QED) is 0.188. The summed E-state index contributed by atoms with van der Waals surface area (Å²) < 4.78 is 0. The van der Waals surface area contributed by atoms with E-state index in [1.165, 1.54) is 27.5 Å². The average Bonchev–Trinajstić information content (AvgIpc) is 2.87. The van der Waals surface area contributed by atoms with Gasteiger partial charge in [-0.1, -0.05) is 85.0 Å². The molecule has 0 aliphatic rings. The van der Waals surface area contributed by atoms with Gasteiger partial charge in [0.25, 0.3) is 6.47 Å². The molecule has 0 aromatic heterocycles. The molecule has 0 heterocycles. The van der Waals surface area contributed by atoms with E-state index in [4.69, 9.17) is 26.6 Å². The molecule has 198 valence electrons. The molecule has 5 heteroatoms. The van der Waals surface area contributed by atoms with Crippen molar-refractivity contribution in [3.8, 4) is 23.0 Å². The highest BCUT2D eigenvalue weighted by molar-refractivity contribution is 6.30. The molecule has 0 saturated carbocycles. The molecule has 4 nitrogen and oxygen atoms in total. The molecule has 3 N–H and O–H groups in total. The molecule has 1 unspecified atom stereocenters. The van der Waals surface area contributed by atoms with Crippen LogP contribution in [0, 0.1) is 18.8 Å². The van der Waals surface area contributed by atoms with E-state index in [1.807, 2.05) is 48.5 Å². The van der Waals surface area contributed by atoms with E-state index in [1.54, 1.807) is 20.8 Å². The van der Waals surface area contributed by atoms with Crippen LogP contribution in [0.15, 0.2) is 78.9 Å². The Hall–Kier alpha value is -3.62. The molecule has 0 aliphatic carbocycles. The van der Waals surface area contributed by atoms with Gasteiger partial charge in [-0.15, -0.1) is 0 Å².